The summed E-state index contributed by atoms with van der Waals surface area (Å²) in [7, 11) is 0. The number of anilines is 8. The fourth-order valence-corrected chi connectivity index (χ4v) is 15.8. The summed E-state index contributed by atoms with van der Waals surface area (Å²) in [5, 5.41) is 19.3. The lowest BCUT2D eigenvalue weighted by Gasteiger charge is -2.27. The van der Waals surface area contributed by atoms with Crippen molar-refractivity contribution in [3.05, 3.63) is 371 Å². The largest absolute Gasteiger partial charge is 0.356 e. The van der Waals surface area contributed by atoms with Gasteiger partial charge in [0.15, 0.2) is 0 Å². The molecule has 0 saturated carbocycles. The van der Waals surface area contributed by atoms with Gasteiger partial charge in [-0.05, 0) is 244 Å². The standard InChI is InChI=1S/C60H55N3.C26H15Cl2N.C17H21N/c1-40-16-25-47(26-17-40)61(49-30-21-45(22-31-49)59(3,4)5)51-29-20-43-37-55-54-35-34-52(62(48-27-18-41(2)19-28-48)50-32-23-46(24-33-50)60(6,7)8)39-58(54)63(57(55)38-44(43)36-51)56-15-11-13-42-12-9-10-14-53(42)56;27-19-9-8-17-13-23-22-11-10-20(28)15-26(22)29(25(23)14-18(17)12-19)24-7-3-5-16-4-1-2-6-21(16)24;1-13-5-9-15(10-6-13)18-16-11-7-14(8-12-16)17(2,3)4/h9-39H,1-8H3;1-15H;5-12,18H,1-4H3. The third-order valence-electron chi connectivity index (χ3n) is 21.5. The predicted octanol–water partition coefficient (Wildman–Crippen LogP) is 30.7. The Kier molecular flexibility index (Phi) is 19.3. The Morgan fingerprint density at radius 1 is 0.245 bits per heavy atom. The summed E-state index contributed by atoms with van der Waals surface area (Å²) in [6, 6.07) is 119. The highest BCUT2D eigenvalue weighted by molar-refractivity contribution is 6.32. The van der Waals surface area contributed by atoms with Crippen molar-refractivity contribution in [2.24, 2.45) is 0 Å². The third kappa shape index (κ3) is 14.6. The van der Waals surface area contributed by atoms with Crippen LogP contribution in [0.15, 0.2) is 328 Å². The molecule has 18 rings (SSSR count). The topological polar surface area (TPSA) is 28.4 Å². The summed E-state index contributed by atoms with van der Waals surface area (Å²) in [5.41, 5.74) is 24.0. The van der Waals surface area contributed by atoms with E-state index >= 15 is 0 Å². The van der Waals surface area contributed by atoms with Gasteiger partial charge in [0, 0.05) is 87.9 Å². The van der Waals surface area contributed by atoms with E-state index in [0.717, 1.165) is 88.9 Å². The molecule has 0 saturated heterocycles. The fourth-order valence-electron chi connectivity index (χ4n) is 15.4. The van der Waals surface area contributed by atoms with E-state index < -0.39 is 0 Å². The van der Waals surface area contributed by atoms with Gasteiger partial charge in [-0.2, -0.15) is 0 Å². The van der Waals surface area contributed by atoms with E-state index in [9.17, 15) is 0 Å². The van der Waals surface area contributed by atoms with Crippen molar-refractivity contribution in [3.8, 4) is 11.4 Å². The first-order valence-electron chi connectivity index (χ1n) is 38.1. The molecule has 0 atom stereocenters. The summed E-state index contributed by atoms with van der Waals surface area (Å²) in [4.78, 5) is 4.78. The molecule has 0 radical (unpaired) electrons. The minimum Gasteiger partial charge on any atom is -0.356 e. The van der Waals surface area contributed by atoms with Crippen LogP contribution >= 0.6 is 23.2 Å². The highest BCUT2D eigenvalue weighted by Crippen LogP contribution is 2.46. The maximum absolute atomic E-state index is 6.42. The van der Waals surface area contributed by atoms with Crippen molar-refractivity contribution in [2.45, 2.75) is 99.3 Å². The van der Waals surface area contributed by atoms with Crippen LogP contribution in [-0.4, -0.2) is 9.13 Å². The van der Waals surface area contributed by atoms with Crippen molar-refractivity contribution in [1.29, 1.82) is 0 Å². The SMILES string of the molecule is Cc1ccc(N(c2ccc(C(C)(C)C)cc2)c2ccc3cc4c5ccc(N(c6ccc(C)cc6)c6ccc(C(C)(C)C)cc6)cc5n(-c5cccc6ccccc56)c4cc3c2)cc1.Cc1ccc(Nc2ccc(C(C)(C)C)cc2)cc1.Clc1ccc2cc3c4ccc(Cl)cc4n(-c4cccc5ccccc45)c3cc2c1. The number of halogens is 2. The van der Waals surface area contributed by atoms with Crippen molar-refractivity contribution in [2.75, 3.05) is 15.1 Å². The van der Waals surface area contributed by atoms with Crippen LogP contribution in [0.1, 0.15) is 95.7 Å². The van der Waals surface area contributed by atoms with E-state index in [0.29, 0.717) is 0 Å². The molecule has 0 aliphatic carbocycles. The maximum atomic E-state index is 6.42. The van der Waals surface area contributed by atoms with Gasteiger partial charge in [-0.1, -0.05) is 272 Å². The monoisotopic (exact) mass is 1470 g/mol. The summed E-state index contributed by atoms with van der Waals surface area (Å²) < 4.78 is 4.82. The quantitative estimate of drug-likeness (QED) is 0.148. The predicted molar refractivity (Wildman–Crippen MR) is 477 cm³/mol. The minimum atomic E-state index is 0.0620. The van der Waals surface area contributed by atoms with E-state index in [-0.39, 0.29) is 16.2 Å². The van der Waals surface area contributed by atoms with Crippen LogP contribution in [0, 0.1) is 20.8 Å². The molecule has 0 unspecified atom stereocenters. The molecule has 0 amide bonds. The second-order valence-electron chi connectivity index (χ2n) is 32.5. The zero-order valence-electron chi connectivity index (χ0n) is 64.7. The van der Waals surface area contributed by atoms with Crippen molar-refractivity contribution in [1.82, 2.24) is 9.13 Å². The number of nitrogens with one attached hydrogen (secondary N) is 1. The highest BCUT2D eigenvalue weighted by atomic mass is 35.5. The number of aryl methyl sites for hydroxylation is 3. The molecule has 2 aromatic heterocycles. The van der Waals surface area contributed by atoms with Gasteiger partial charge < -0.3 is 24.3 Å². The van der Waals surface area contributed by atoms with Crippen LogP contribution in [0.4, 0.5) is 45.5 Å². The number of aromatic nitrogens is 2. The second-order valence-corrected chi connectivity index (χ2v) is 33.4. The van der Waals surface area contributed by atoms with Crippen LogP contribution in [0.2, 0.25) is 10.0 Å². The Bertz CT molecular complexity index is 6440. The minimum absolute atomic E-state index is 0.0620. The van der Waals surface area contributed by atoms with Crippen molar-refractivity contribution in [3.63, 3.8) is 0 Å². The Labute approximate surface area is 656 Å². The van der Waals surface area contributed by atoms with Crippen LogP contribution < -0.4 is 15.1 Å². The molecular formula is C103H91Cl2N5. The molecule has 2 heterocycles. The fraction of sp³-hybridized carbons (Fsp3) is 0.146. The Morgan fingerprint density at radius 2 is 0.573 bits per heavy atom. The molecular weight excluding hydrogens is 1380 g/mol. The number of benzene rings is 16. The Morgan fingerprint density at radius 3 is 1.04 bits per heavy atom. The van der Waals surface area contributed by atoms with Gasteiger partial charge in [-0.25, -0.2) is 0 Å². The zero-order chi connectivity index (χ0) is 76.3. The molecule has 7 heteroatoms. The lowest BCUT2D eigenvalue weighted by molar-refractivity contribution is 0.590. The van der Waals surface area contributed by atoms with E-state index in [2.05, 4.69) is 417 Å². The van der Waals surface area contributed by atoms with Gasteiger partial charge in [-0.3, -0.25) is 0 Å². The van der Waals surface area contributed by atoms with Crippen molar-refractivity contribution < 1.29 is 0 Å². The molecule has 5 nitrogen and oxygen atoms in total. The van der Waals surface area contributed by atoms with E-state index in [4.69, 9.17) is 23.2 Å². The van der Waals surface area contributed by atoms with Gasteiger partial charge in [0.25, 0.3) is 0 Å². The number of hydrogen-bond donors (Lipinski definition) is 1. The average Bonchev–Trinajstić information content (AvgIpc) is 1.57. The molecule has 16 aromatic carbocycles. The van der Waals surface area contributed by atoms with Crippen LogP contribution in [0.3, 0.4) is 0 Å². The number of nitrogens with zero attached hydrogens (tertiary/aromatic N) is 4. The summed E-state index contributed by atoms with van der Waals surface area (Å²) in [6.07, 6.45) is 0. The maximum Gasteiger partial charge on any atom is 0.0562 e. The molecule has 0 fully saturated rings. The molecule has 542 valence electrons. The molecule has 18 aromatic rings. The Balaban J connectivity index is 0.000000159. The van der Waals surface area contributed by atoms with Gasteiger partial charge in [0.2, 0.25) is 0 Å². The number of rotatable bonds is 10. The van der Waals surface area contributed by atoms with Crippen LogP contribution in [0.25, 0.3) is 98.1 Å². The molecule has 0 spiro atoms. The summed E-state index contributed by atoms with van der Waals surface area (Å²) in [5.74, 6) is 0. The van der Waals surface area contributed by atoms with Crippen LogP contribution in [0.5, 0.6) is 0 Å². The molecule has 0 aliphatic rings. The van der Waals surface area contributed by atoms with Gasteiger partial charge >= 0.3 is 0 Å². The molecule has 1 N–H and O–H groups in total. The lowest BCUT2D eigenvalue weighted by atomic mass is 9.87. The first-order chi connectivity index (χ1) is 52.9. The summed E-state index contributed by atoms with van der Waals surface area (Å²) >= 11 is 12.7. The van der Waals surface area contributed by atoms with Crippen LogP contribution in [-0.2, 0) is 16.2 Å². The van der Waals surface area contributed by atoms with E-state index in [1.807, 2.05) is 18.2 Å². The Hall–Kier alpha value is -11.9. The second kappa shape index (κ2) is 29.3. The zero-order valence-corrected chi connectivity index (χ0v) is 66.2. The smallest absolute Gasteiger partial charge is 0.0562 e. The van der Waals surface area contributed by atoms with Gasteiger partial charge in [0.1, 0.15) is 0 Å². The molecule has 0 bridgehead atoms. The number of fused-ring (bicyclic) bond motifs is 10. The molecule has 110 heavy (non-hydrogen) atoms. The first-order valence-corrected chi connectivity index (χ1v) is 38.9. The first kappa shape index (κ1) is 72.3. The van der Waals surface area contributed by atoms with Gasteiger partial charge in [-0.15, -0.1) is 0 Å². The van der Waals surface area contributed by atoms with E-state index in [1.165, 1.54) is 98.1 Å². The summed E-state index contributed by atoms with van der Waals surface area (Å²) in [6.45, 7) is 26.7. The lowest BCUT2D eigenvalue weighted by Crippen LogP contribution is -2.13. The third-order valence-corrected chi connectivity index (χ3v) is 22.0. The van der Waals surface area contributed by atoms with Gasteiger partial charge in [0.05, 0.1) is 33.4 Å². The van der Waals surface area contributed by atoms with E-state index in [1.54, 1.807) is 0 Å². The van der Waals surface area contributed by atoms with Crippen molar-refractivity contribution >= 4 is 155 Å². The highest BCUT2D eigenvalue weighted by Gasteiger charge is 2.24. The number of hydrogen-bond acceptors (Lipinski definition) is 3. The average molecular weight is 1470 g/mol. The molecule has 0 aliphatic heterocycles. The normalized spacial score (nSPS) is 11.9.